The minimum Gasteiger partial charge on any atom is -0.497 e. The molecule has 0 aliphatic carbocycles. The summed E-state index contributed by atoms with van der Waals surface area (Å²) in [7, 11) is 3.04. The van der Waals surface area contributed by atoms with Gasteiger partial charge in [0.05, 0.1) is 43.5 Å². The van der Waals surface area contributed by atoms with E-state index in [4.69, 9.17) is 21.1 Å². The summed E-state index contributed by atoms with van der Waals surface area (Å²) in [6.07, 6.45) is 3.71. The maximum atomic E-state index is 13.9. The average molecular weight is 530 g/mol. The Balaban J connectivity index is 1.43. The number of imide groups is 1. The van der Waals surface area contributed by atoms with E-state index in [9.17, 15) is 14.4 Å². The monoisotopic (exact) mass is 529 g/mol. The van der Waals surface area contributed by atoms with Crippen molar-refractivity contribution in [3.8, 4) is 11.5 Å². The van der Waals surface area contributed by atoms with Gasteiger partial charge < -0.3 is 19.7 Å². The minimum absolute atomic E-state index is 0.332. The van der Waals surface area contributed by atoms with Gasteiger partial charge in [-0.2, -0.15) is 0 Å². The van der Waals surface area contributed by atoms with Crippen molar-refractivity contribution < 1.29 is 23.9 Å². The van der Waals surface area contributed by atoms with Crippen LogP contribution in [0.2, 0.25) is 5.02 Å². The Bertz CT molecular complexity index is 1490. The lowest BCUT2D eigenvalue weighted by molar-refractivity contribution is -0.128. The van der Waals surface area contributed by atoms with Crippen LogP contribution in [0.1, 0.15) is 17.2 Å². The third-order valence-corrected chi connectivity index (χ3v) is 7.72. The molecule has 8 nitrogen and oxygen atoms in total. The van der Waals surface area contributed by atoms with Crippen molar-refractivity contribution in [3.63, 3.8) is 0 Å². The van der Waals surface area contributed by atoms with Crippen LogP contribution in [0, 0.1) is 11.8 Å². The molecule has 2 saturated heterocycles. The average Bonchev–Trinajstić information content (AvgIpc) is 3.41. The summed E-state index contributed by atoms with van der Waals surface area (Å²) in [4.78, 5) is 44.8. The first-order chi connectivity index (χ1) is 18.4. The molecule has 3 aliphatic rings. The number of ether oxygens (including phenoxy) is 2. The smallest absolute Gasteiger partial charge is 0.248 e. The Hall–Kier alpha value is -4.30. The molecule has 3 aliphatic heterocycles. The van der Waals surface area contributed by atoms with Gasteiger partial charge in [-0.3, -0.25) is 14.4 Å². The number of benzene rings is 3. The minimum atomic E-state index is -0.932. The first-order valence-corrected chi connectivity index (χ1v) is 12.5. The Morgan fingerprint density at radius 3 is 2.39 bits per heavy atom. The summed E-state index contributed by atoms with van der Waals surface area (Å²) in [6.45, 7) is 0. The number of fused-ring (bicyclic) bond motifs is 5. The zero-order chi connectivity index (χ0) is 26.6. The highest BCUT2D eigenvalue weighted by molar-refractivity contribution is 6.31. The molecule has 6 rings (SSSR count). The molecular formula is C29H24ClN3O5. The van der Waals surface area contributed by atoms with Crippen LogP contribution in [-0.4, -0.2) is 42.9 Å². The van der Waals surface area contributed by atoms with Crippen molar-refractivity contribution in [2.24, 2.45) is 11.8 Å². The lowest BCUT2D eigenvalue weighted by Crippen LogP contribution is -2.46. The van der Waals surface area contributed by atoms with E-state index in [1.54, 1.807) is 49.6 Å². The standard InChI is InChI=1S/C29H24ClN3O5/c1-37-19-10-8-18(9-11-19)33-28(35)23-24(29(33)36)26(27(34)31-21-15-17(30)7-12-22(21)38-2)32-14-13-16-5-3-4-6-20(16)25(23)32/h3-15,23-26H,1-2H3,(H,31,34)/t23-,24+,25-,26-/m0/s1. The van der Waals surface area contributed by atoms with Crippen LogP contribution >= 0.6 is 11.6 Å². The molecule has 0 radical (unpaired) electrons. The largest absolute Gasteiger partial charge is 0.497 e. The SMILES string of the molecule is COc1ccc(N2C(=O)[C@@H]3[C@H](C2=O)[C@@H]2c4ccccc4C=CN2[C@@H]3C(=O)Nc2cc(Cl)ccc2OC)cc1. The summed E-state index contributed by atoms with van der Waals surface area (Å²) in [5.41, 5.74) is 2.68. The van der Waals surface area contributed by atoms with E-state index in [0.29, 0.717) is 27.9 Å². The van der Waals surface area contributed by atoms with Gasteiger partial charge in [0, 0.05) is 11.2 Å². The summed E-state index contributed by atoms with van der Waals surface area (Å²) in [5, 5.41) is 3.32. The van der Waals surface area contributed by atoms with E-state index in [1.807, 2.05) is 41.4 Å². The number of hydrogen-bond donors (Lipinski definition) is 1. The molecule has 0 spiro atoms. The van der Waals surface area contributed by atoms with Gasteiger partial charge in [0.1, 0.15) is 17.5 Å². The number of methoxy groups -OCH3 is 2. The third kappa shape index (κ3) is 3.63. The predicted molar refractivity (Wildman–Crippen MR) is 143 cm³/mol. The van der Waals surface area contributed by atoms with Crippen LogP contribution in [0.4, 0.5) is 11.4 Å². The molecule has 3 heterocycles. The summed E-state index contributed by atoms with van der Waals surface area (Å²) in [5.74, 6) is -1.77. The molecule has 0 unspecified atom stereocenters. The predicted octanol–water partition coefficient (Wildman–Crippen LogP) is 4.51. The fourth-order valence-corrected chi connectivity index (χ4v) is 6.00. The lowest BCUT2D eigenvalue weighted by atomic mass is 9.84. The van der Waals surface area contributed by atoms with E-state index < -0.39 is 35.7 Å². The second-order valence-electron chi connectivity index (χ2n) is 9.38. The lowest BCUT2D eigenvalue weighted by Gasteiger charge is -2.35. The number of hydrogen-bond acceptors (Lipinski definition) is 6. The number of carbonyl (C=O) groups is 3. The van der Waals surface area contributed by atoms with Gasteiger partial charge in [0.2, 0.25) is 17.7 Å². The van der Waals surface area contributed by atoms with Crippen LogP contribution in [0.5, 0.6) is 11.5 Å². The topological polar surface area (TPSA) is 88.2 Å². The third-order valence-electron chi connectivity index (χ3n) is 7.48. The zero-order valence-corrected chi connectivity index (χ0v) is 21.4. The second-order valence-corrected chi connectivity index (χ2v) is 9.81. The van der Waals surface area contributed by atoms with E-state index in [2.05, 4.69) is 5.32 Å². The number of anilines is 2. The Morgan fingerprint density at radius 1 is 0.921 bits per heavy atom. The van der Waals surface area contributed by atoms with Gasteiger partial charge >= 0.3 is 0 Å². The van der Waals surface area contributed by atoms with E-state index in [0.717, 1.165) is 11.1 Å². The molecule has 4 atom stereocenters. The van der Waals surface area contributed by atoms with Crippen LogP contribution in [0.15, 0.2) is 72.9 Å². The van der Waals surface area contributed by atoms with Crippen LogP contribution < -0.4 is 19.7 Å². The van der Waals surface area contributed by atoms with Crippen molar-refractivity contribution in [1.29, 1.82) is 0 Å². The summed E-state index contributed by atoms with van der Waals surface area (Å²) < 4.78 is 10.6. The number of amides is 3. The molecule has 3 aromatic carbocycles. The van der Waals surface area contributed by atoms with Gasteiger partial charge in [0.25, 0.3) is 0 Å². The van der Waals surface area contributed by atoms with Crippen LogP contribution in [0.3, 0.4) is 0 Å². The van der Waals surface area contributed by atoms with Gasteiger partial charge in [-0.1, -0.05) is 35.9 Å². The van der Waals surface area contributed by atoms with Gasteiger partial charge in [-0.25, -0.2) is 4.90 Å². The number of halogens is 1. The highest BCUT2D eigenvalue weighted by atomic mass is 35.5. The molecule has 0 aromatic heterocycles. The maximum absolute atomic E-state index is 13.9. The number of nitrogens with one attached hydrogen (secondary N) is 1. The molecule has 192 valence electrons. The number of rotatable bonds is 5. The molecule has 0 saturated carbocycles. The van der Waals surface area contributed by atoms with Crippen molar-refractivity contribution in [1.82, 2.24) is 4.90 Å². The molecular weight excluding hydrogens is 506 g/mol. The zero-order valence-electron chi connectivity index (χ0n) is 20.6. The molecule has 9 heteroatoms. The second kappa shape index (κ2) is 9.22. The van der Waals surface area contributed by atoms with E-state index in [-0.39, 0.29) is 5.91 Å². The fraction of sp³-hybridized carbons (Fsp3) is 0.207. The first kappa shape index (κ1) is 24.1. The maximum Gasteiger partial charge on any atom is 0.248 e. The fourth-order valence-electron chi connectivity index (χ4n) is 5.83. The number of nitrogens with zero attached hydrogens (tertiary/aromatic N) is 2. The summed E-state index contributed by atoms with van der Waals surface area (Å²) >= 11 is 6.18. The van der Waals surface area contributed by atoms with Crippen LogP contribution in [0.25, 0.3) is 6.08 Å². The van der Waals surface area contributed by atoms with Gasteiger partial charge in [0.15, 0.2) is 0 Å². The molecule has 0 bridgehead atoms. The quantitative estimate of drug-likeness (QED) is 0.489. The normalized spacial score (nSPS) is 23.1. The molecule has 3 amide bonds. The highest BCUT2D eigenvalue weighted by Gasteiger charge is 2.64. The van der Waals surface area contributed by atoms with Crippen molar-refractivity contribution in [2.75, 3.05) is 24.4 Å². The van der Waals surface area contributed by atoms with Gasteiger partial charge in [-0.05, 0) is 59.7 Å². The molecule has 1 N–H and O–H groups in total. The van der Waals surface area contributed by atoms with Crippen molar-refractivity contribution >= 4 is 46.8 Å². The Kier molecular flexibility index (Phi) is 5.84. The highest BCUT2D eigenvalue weighted by Crippen LogP contribution is 2.53. The molecule has 3 aromatic rings. The Morgan fingerprint density at radius 2 is 1.66 bits per heavy atom. The van der Waals surface area contributed by atoms with Crippen LogP contribution in [-0.2, 0) is 14.4 Å². The molecule has 38 heavy (non-hydrogen) atoms. The number of carbonyl (C=O) groups excluding carboxylic acids is 3. The molecule has 2 fully saturated rings. The van der Waals surface area contributed by atoms with E-state index in [1.165, 1.54) is 12.0 Å². The van der Waals surface area contributed by atoms with Gasteiger partial charge in [-0.15, -0.1) is 0 Å². The van der Waals surface area contributed by atoms with E-state index >= 15 is 0 Å². The summed E-state index contributed by atoms with van der Waals surface area (Å²) in [6, 6.07) is 18.0. The first-order valence-electron chi connectivity index (χ1n) is 12.1. The van der Waals surface area contributed by atoms with Crippen molar-refractivity contribution in [3.05, 3.63) is 89.1 Å². The van der Waals surface area contributed by atoms with Crippen molar-refractivity contribution in [2.45, 2.75) is 12.1 Å². The Labute approximate surface area is 224 Å².